The van der Waals surface area contributed by atoms with E-state index in [4.69, 9.17) is 25.8 Å². The molecule has 3 aromatic carbocycles. The fraction of sp³-hybridized carbons (Fsp3) is 0.290. The Hall–Kier alpha value is -4.07. The molecule has 9 nitrogen and oxygen atoms in total. The first-order valence-corrected chi connectivity index (χ1v) is 15.7. The van der Waals surface area contributed by atoms with Crippen molar-refractivity contribution in [3.05, 3.63) is 101 Å². The van der Waals surface area contributed by atoms with Gasteiger partial charge in [0.25, 0.3) is 10.0 Å². The number of aromatic nitrogens is 2. The molecule has 0 radical (unpaired) electrons. The Morgan fingerprint density at radius 1 is 0.956 bits per heavy atom. The van der Waals surface area contributed by atoms with Crippen LogP contribution in [0.2, 0.25) is 5.02 Å². The molecule has 45 heavy (non-hydrogen) atoms. The van der Waals surface area contributed by atoms with E-state index in [0.717, 1.165) is 30.9 Å². The van der Waals surface area contributed by atoms with Crippen molar-refractivity contribution in [3.8, 4) is 17.2 Å². The molecule has 1 fully saturated rings. The molecule has 1 aliphatic heterocycles. The molecule has 0 amide bonds. The second-order valence-electron chi connectivity index (χ2n) is 10.3. The van der Waals surface area contributed by atoms with Gasteiger partial charge in [-0.25, -0.2) is 35.9 Å². The van der Waals surface area contributed by atoms with Crippen LogP contribution in [0.3, 0.4) is 0 Å². The van der Waals surface area contributed by atoms with Gasteiger partial charge in [0.2, 0.25) is 5.95 Å². The normalized spacial score (nSPS) is 16.7. The summed E-state index contributed by atoms with van der Waals surface area (Å²) in [5.41, 5.74) is 1.38. The molecule has 2 atom stereocenters. The van der Waals surface area contributed by atoms with Gasteiger partial charge in [-0.15, -0.1) is 0 Å². The number of ether oxygens (including phenoxy) is 3. The van der Waals surface area contributed by atoms with E-state index in [2.05, 4.69) is 15.3 Å². The number of anilines is 1. The summed E-state index contributed by atoms with van der Waals surface area (Å²) >= 11 is 6.04. The van der Waals surface area contributed by atoms with Gasteiger partial charge in [0.15, 0.2) is 17.4 Å². The molecule has 14 heteroatoms. The molecule has 2 heterocycles. The van der Waals surface area contributed by atoms with E-state index in [9.17, 15) is 12.8 Å². The summed E-state index contributed by atoms with van der Waals surface area (Å²) in [5, 5.41) is 3.91. The fourth-order valence-corrected chi connectivity index (χ4v) is 6.76. The number of hydrogen-bond donors (Lipinski definition) is 1. The van der Waals surface area contributed by atoms with Gasteiger partial charge in [-0.1, -0.05) is 23.7 Å². The lowest BCUT2D eigenvalue weighted by Gasteiger charge is -2.32. The van der Waals surface area contributed by atoms with Crippen LogP contribution in [0.25, 0.3) is 0 Å². The van der Waals surface area contributed by atoms with E-state index in [1.165, 1.54) is 26.4 Å². The number of nitrogens with zero attached hydrogens (tertiary/aromatic N) is 3. The zero-order valence-corrected chi connectivity index (χ0v) is 25.9. The molecule has 1 N–H and O–H groups in total. The molecule has 0 saturated carbocycles. The van der Waals surface area contributed by atoms with Crippen molar-refractivity contribution in [2.75, 3.05) is 38.2 Å². The zero-order valence-electron chi connectivity index (χ0n) is 24.3. The molecular weight excluding hydrogens is 633 g/mol. The van der Waals surface area contributed by atoms with E-state index in [1.54, 1.807) is 18.2 Å². The maximum atomic E-state index is 15.6. The Labute approximate surface area is 264 Å². The van der Waals surface area contributed by atoms with Crippen molar-refractivity contribution < 1.29 is 35.8 Å². The molecule has 1 aliphatic rings. The summed E-state index contributed by atoms with van der Waals surface area (Å²) < 4.78 is 89.3. The highest BCUT2D eigenvalue weighted by molar-refractivity contribution is 7.92. The zero-order chi connectivity index (χ0) is 32.1. The molecule has 0 unspecified atom stereocenters. The second-order valence-corrected chi connectivity index (χ2v) is 12.6. The maximum Gasteiger partial charge on any atom is 0.270 e. The summed E-state index contributed by atoms with van der Waals surface area (Å²) in [5.74, 6) is -3.34. The highest BCUT2D eigenvalue weighted by atomic mass is 35.5. The summed E-state index contributed by atoms with van der Waals surface area (Å²) in [6, 6.07) is 13.4. The monoisotopic (exact) mass is 662 g/mol. The predicted octanol–water partition coefficient (Wildman–Crippen LogP) is 5.73. The fourth-order valence-electron chi connectivity index (χ4n) is 5.22. The number of rotatable bonds is 11. The Kier molecular flexibility index (Phi) is 10.0. The third-order valence-corrected chi connectivity index (χ3v) is 9.54. The average molecular weight is 663 g/mol. The van der Waals surface area contributed by atoms with E-state index >= 15 is 8.78 Å². The van der Waals surface area contributed by atoms with Gasteiger partial charge in [-0.2, -0.15) is 0 Å². The number of hydrogen-bond acceptors (Lipinski definition) is 8. The van der Waals surface area contributed by atoms with Gasteiger partial charge in [-0.3, -0.25) is 0 Å². The first-order valence-electron chi connectivity index (χ1n) is 13.9. The second kappa shape index (κ2) is 13.9. The Balaban J connectivity index is 1.43. The molecule has 0 bridgehead atoms. The highest BCUT2D eigenvalue weighted by Gasteiger charge is 2.33. The number of methoxy groups -OCH3 is 2. The summed E-state index contributed by atoms with van der Waals surface area (Å²) in [6.07, 6.45) is 2.34. The molecule has 238 valence electrons. The number of piperidine rings is 1. The Morgan fingerprint density at radius 3 is 2.38 bits per heavy atom. The third-order valence-electron chi connectivity index (χ3n) is 7.55. The van der Waals surface area contributed by atoms with Crippen LogP contribution in [0.1, 0.15) is 23.5 Å². The van der Waals surface area contributed by atoms with E-state index in [0.29, 0.717) is 39.3 Å². The number of nitrogens with one attached hydrogen (secondary N) is 1. The minimum absolute atomic E-state index is 0.0511. The van der Waals surface area contributed by atoms with Crippen LogP contribution in [0.5, 0.6) is 17.2 Å². The molecule has 1 saturated heterocycles. The van der Waals surface area contributed by atoms with Crippen LogP contribution in [0.15, 0.2) is 71.9 Å². The van der Waals surface area contributed by atoms with E-state index in [1.807, 2.05) is 12.1 Å². The summed E-state index contributed by atoms with van der Waals surface area (Å²) in [4.78, 5) is 6.59. The van der Waals surface area contributed by atoms with Crippen LogP contribution in [0, 0.1) is 23.4 Å². The molecule has 0 spiro atoms. The SMILES string of the molecule is COc1ccc(CN(c2ncc(F)cn2)S(=O)(=O)c2cc(F)c(OC[C@H]3CNCC[C@@H]3c3ccc(Cl)cc3)cc2F)c(OC)c1. The molecule has 0 aliphatic carbocycles. The summed E-state index contributed by atoms with van der Waals surface area (Å²) in [7, 11) is -2.03. The van der Waals surface area contributed by atoms with Crippen LogP contribution in [-0.2, 0) is 16.6 Å². The molecule has 1 aromatic heterocycles. The van der Waals surface area contributed by atoms with Crippen molar-refractivity contribution in [3.63, 3.8) is 0 Å². The van der Waals surface area contributed by atoms with Crippen molar-refractivity contribution in [2.24, 2.45) is 5.92 Å². The van der Waals surface area contributed by atoms with Crippen molar-refractivity contribution in [1.29, 1.82) is 0 Å². The first kappa shape index (κ1) is 32.3. The molecule has 4 aromatic rings. The maximum absolute atomic E-state index is 15.6. The Morgan fingerprint density at radius 2 is 1.69 bits per heavy atom. The van der Waals surface area contributed by atoms with Crippen LogP contribution in [0.4, 0.5) is 19.1 Å². The van der Waals surface area contributed by atoms with E-state index < -0.39 is 50.6 Å². The highest BCUT2D eigenvalue weighted by Crippen LogP contribution is 2.35. The Bertz CT molecular complexity index is 1750. The third kappa shape index (κ3) is 7.26. The van der Waals surface area contributed by atoms with Crippen LogP contribution >= 0.6 is 11.6 Å². The molecule has 5 rings (SSSR count). The quantitative estimate of drug-likeness (QED) is 0.217. The van der Waals surface area contributed by atoms with Crippen LogP contribution in [-0.4, -0.2) is 52.3 Å². The number of benzene rings is 3. The van der Waals surface area contributed by atoms with Gasteiger partial charge in [0, 0.05) is 41.2 Å². The predicted molar refractivity (Wildman–Crippen MR) is 162 cm³/mol. The van der Waals surface area contributed by atoms with Crippen molar-refractivity contribution >= 4 is 27.6 Å². The van der Waals surface area contributed by atoms with Gasteiger partial charge < -0.3 is 19.5 Å². The lowest BCUT2D eigenvalue weighted by molar-refractivity contribution is 0.190. The lowest BCUT2D eigenvalue weighted by atomic mass is 9.81. The van der Waals surface area contributed by atoms with Gasteiger partial charge in [-0.05, 0) is 48.7 Å². The standard InChI is InChI=1S/C31H30ClF3N4O5S/c1-42-24-8-5-20(28(11-24)43-2)17-39(31-37-15-23(33)16-38-31)45(40,41)30-13-26(34)29(12-27(30)35)44-18-21-14-36-10-9-25(21)19-3-6-22(32)7-4-19/h3-8,11-13,15-16,21,25,36H,9-10,14,17-18H2,1-2H3/t21-,25-/m1/s1. The largest absolute Gasteiger partial charge is 0.497 e. The van der Waals surface area contributed by atoms with Gasteiger partial charge >= 0.3 is 0 Å². The smallest absolute Gasteiger partial charge is 0.270 e. The summed E-state index contributed by atoms with van der Waals surface area (Å²) in [6.45, 7) is 0.970. The first-order chi connectivity index (χ1) is 21.6. The van der Waals surface area contributed by atoms with Crippen LogP contribution < -0.4 is 23.8 Å². The molecular formula is C31H30ClF3N4O5S. The topological polar surface area (TPSA) is 103 Å². The number of halogens is 4. The van der Waals surface area contributed by atoms with E-state index in [-0.39, 0.29) is 24.2 Å². The minimum Gasteiger partial charge on any atom is -0.497 e. The lowest BCUT2D eigenvalue weighted by Crippen LogP contribution is -2.38. The average Bonchev–Trinajstić information content (AvgIpc) is 3.04. The minimum atomic E-state index is -4.85. The van der Waals surface area contributed by atoms with Crippen molar-refractivity contribution in [1.82, 2.24) is 15.3 Å². The van der Waals surface area contributed by atoms with Gasteiger partial charge in [0.1, 0.15) is 22.2 Å². The van der Waals surface area contributed by atoms with Gasteiger partial charge in [0.05, 0.1) is 39.8 Å². The number of sulfonamides is 1. The van der Waals surface area contributed by atoms with Crippen molar-refractivity contribution in [2.45, 2.75) is 23.8 Å².